The summed E-state index contributed by atoms with van der Waals surface area (Å²) in [7, 11) is 0. The molecule has 134 valence electrons. The molecule has 0 saturated carbocycles. The first-order valence-corrected chi connectivity index (χ1v) is 8.45. The van der Waals surface area contributed by atoms with E-state index in [0.717, 1.165) is 24.2 Å². The normalized spacial score (nSPS) is 16.6. The number of benzene rings is 1. The molecule has 1 aliphatic rings. The Morgan fingerprint density at radius 3 is 2.88 bits per heavy atom. The average molecular weight is 346 g/mol. The molecule has 1 fully saturated rings. The van der Waals surface area contributed by atoms with Crippen molar-refractivity contribution >= 4 is 5.91 Å². The number of nitrogens with zero attached hydrogens (tertiary/aromatic N) is 3. The van der Waals surface area contributed by atoms with Gasteiger partial charge in [0.15, 0.2) is 0 Å². The number of carbonyl (C=O) groups is 1. The van der Waals surface area contributed by atoms with E-state index in [9.17, 15) is 9.18 Å². The van der Waals surface area contributed by atoms with Gasteiger partial charge in [0.2, 0.25) is 5.91 Å². The number of hydrogen-bond donors (Lipinski definition) is 1. The molecule has 0 radical (unpaired) electrons. The van der Waals surface area contributed by atoms with Crippen LogP contribution in [-0.4, -0.2) is 53.4 Å². The summed E-state index contributed by atoms with van der Waals surface area (Å²) >= 11 is 0. The number of halogens is 1. The molecule has 1 amide bonds. The number of morpholine rings is 1. The third kappa shape index (κ3) is 4.87. The van der Waals surface area contributed by atoms with Gasteiger partial charge in [-0.1, -0.05) is 12.1 Å². The van der Waals surface area contributed by atoms with Crippen molar-refractivity contribution in [2.24, 2.45) is 0 Å². The summed E-state index contributed by atoms with van der Waals surface area (Å²) in [6, 6.07) is 6.48. The molecule has 1 aromatic carbocycles. The van der Waals surface area contributed by atoms with Crippen molar-refractivity contribution in [1.29, 1.82) is 0 Å². The Hall–Kier alpha value is -2.25. The van der Waals surface area contributed by atoms with E-state index in [1.807, 2.05) is 19.2 Å². The molecule has 1 unspecified atom stereocenters. The Morgan fingerprint density at radius 2 is 2.20 bits per heavy atom. The highest BCUT2D eigenvalue weighted by molar-refractivity contribution is 5.75. The molecule has 1 atom stereocenters. The van der Waals surface area contributed by atoms with Crippen LogP contribution in [0.3, 0.4) is 0 Å². The Balaban J connectivity index is 1.65. The van der Waals surface area contributed by atoms with Gasteiger partial charge in [-0.25, -0.2) is 4.39 Å². The van der Waals surface area contributed by atoms with Gasteiger partial charge in [-0.3, -0.25) is 14.4 Å². The minimum absolute atomic E-state index is 0.0806. The lowest BCUT2D eigenvalue weighted by Gasteiger charge is -2.35. The van der Waals surface area contributed by atoms with Crippen LogP contribution in [-0.2, 0) is 16.1 Å². The van der Waals surface area contributed by atoms with Crippen LogP contribution in [0.2, 0.25) is 0 Å². The number of carbonyl (C=O) groups excluding carboxylic acids is 1. The fourth-order valence-corrected chi connectivity index (χ4v) is 3.03. The molecule has 25 heavy (non-hydrogen) atoms. The number of aromatic nitrogens is 2. The first-order chi connectivity index (χ1) is 12.1. The maximum atomic E-state index is 13.6. The Kier molecular flexibility index (Phi) is 5.78. The average Bonchev–Trinajstić information content (AvgIpc) is 3.01. The summed E-state index contributed by atoms with van der Waals surface area (Å²) in [4.78, 5) is 14.4. The lowest BCUT2D eigenvalue weighted by Crippen LogP contribution is -2.44. The van der Waals surface area contributed by atoms with E-state index in [0.29, 0.717) is 19.8 Å². The Labute approximate surface area is 146 Å². The van der Waals surface area contributed by atoms with E-state index >= 15 is 0 Å². The monoisotopic (exact) mass is 346 g/mol. The second-order valence-corrected chi connectivity index (χ2v) is 6.24. The van der Waals surface area contributed by atoms with E-state index in [2.05, 4.69) is 15.3 Å². The van der Waals surface area contributed by atoms with Crippen LogP contribution < -0.4 is 5.32 Å². The number of aryl methyl sites for hydroxylation is 1. The predicted molar refractivity (Wildman–Crippen MR) is 91.5 cm³/mol. The number of hydrogen-bond acceptors (Lipinski definition) is 4. The number of amides is 1. The van der Waals surface area contributed by atoms with Crippen molar-refractivity contribution in [1.82, 2.24) is 20.0 Å². The standard InChI is InChI=1S/C18H23FN4O2/c1-14-10-21-23(12-14)13-18(24)20-11-17(22-5-7-25-8-6-22)15-3-2-4-16(19)9-15/h2-4,9-10,12,17H,5-8,11,13H2,1H3,(H,20,24). The van der Waals surface area contributed by atoms with Crippen molar-refractivity contribution < 1.29 is 13.9 Å². The molecule has 1 N–H and O–H groups in total. The van der Waals surface area contributed by atoms with Gasteiger partial charge in [0.25, 0.3) is 0 Å². The van der Waals surface area contributed by atoms with Gasteiger partial charge in [-0.15, -0.1) is 0 Å². The van der Waals surface area contributed by atoms with Gasteiger partial charge in [0.05, 0.1) is 25.5 Å². The molecule has 6 nitrogen and oxygen atoms in total. The van der Waals surface area contributed by atoms with E-state index in [4.69, 9.17) is 4.74 Å². The summed E-state index contributed by atoms with van der Waals surface area (Å²) in [6.45, 7) is 5.33. The zero-order valence-electron chi connectivity index (χ0n) is 14.3. The molecular weight excluding hydrogens is 323 g/mol. The molecule has 2 aromatic rings. The highest BCUT2D eigenvalue weighted by atomic mass is 19.1. The molecule has 7 heteroatoms. The minimum Gasteiger partial charge on any atom is -0.379 e. The van der Waals surface area contributed by atoms with Crippen LogP contribution in [0.1, 0.15) is 17.2 Å². The van der Waals surface area contributed by atoms with E-state index in [-0.39, 0.29) is 24.3 Å². The zero-order valence-corrected chi connectivity index (χ0v) is 14.3. The van der Waals surface area contributed by atoms with Crippen molar-refractivity contribution in [2.45, 2.75) is 19.5 Å². The summed E-state index contributed by atoms with van der Waals surface area (Å²) in [5.41, 5.74) is 1.87. The largest absolute Gasteiger partial charge is 0.379 e. The lowest BCUT2D eigenvalue weighted by molar-refractivity contribution is -0.122. The van der Waals surface area contributed by atoms with E-state index < -0.39 is 0 Å². The van der Waals surface area contributed by atoms with Crippen molar-refractivity contribution in [2.75, 3.05) is 32.8 Å². The van der Waals surface area contributed by atoms with Crippen LogP contribution >= 0.6 is 0 Å². The molecule has 3 rings (SSSR count). The Morgan fingerprint density at radius 1 is 1.40 bits per heavy atom. The molecule has 0 spiro atoms. The highest BCUT2D eigenvalue weighted by Crippen LogP contribution is 2.22. The molecule has 0 aliphatic carbocycles. The van der Waals surface area contributed by atoms with Crippen molar-refractivity contribution in [3.05, 3.63) is 53.6 Å². The SMILES string of the molecule is Cc1cnn(CC(=O)NCC(c2cccc(F)c2)N2CCOCC2)c1. The van der Waals surface area contributed by atoms with Gasteiger partial charge in [-0.2, -0.15) is 5.10 Å². The summed E-state index contributed by atoms with van der Waals surface area (Å²) in [5.74, 6) is -0.383. The summed E-state index contributed by atoms with van der Waals surface area (Å²) in [6.07, 6.45) is 3.54. The fraction of sp³-hybridized carbons (Fsp3) is 0.444. The molecule has 1 saturated heterocycles. The smallest absolute Gasteiger partial charge is 0.241 e. The topological polar surface area (TPSA) is 59.4 Å². The molecule has 0 bridgehead atoms. The first-order valence-electron chi connectivity index (χ1n) is 8.45. The fourth-order valence-electron chi connectivity index (χ4n) is 3.03. The molecule has 2 heterocycles. The van der Waals surface area contributed by atoms with Gasteiger partial charge < -0.3 is 10.1 Å². The number of nitrogens with one attached hydrogen (secondary N) is 1. The zero-order chi connectivity index (χ0) is 17.6. The maximum absolute atomic E-state index is 13.6. The Bertz CT molecular complexity index is 713. The number of ether oxygens (including phenoxy) is 1. The van der Waals surface area contributed by atoms with Gasteiger partial charge in [-0.05, 0) is 30.2 Å². The summed E-state index contributed by atoms with van der Waals surface area (Å²) < 4.78 is 20.7. The highest BCUT2D eigenvalue weighted by Gasteiger charge is 2.23. The molecule has 1 aromatic heterocycles. The van der Waals surface area contributed by atoms with Crippen LogP contribution in [0.4, 0.5) is 4.39 Å². The van der Waals surface area contributed by atoms with E-state index in [1.54, 1.807) is 16.9 Å². The van der Waals surface area contributed by atoms with Crippen molar-refractivity contribution in [3.8, 4) is 0 Å². The van der Waals surface area contributed by atoms with Crippen molar-refractivity contribution in [3.63, 3.8) is 0 Å². The summed E-state index contributed by atoms with van der Waals surface area (Å²) in [5, 5.41) is 7.07. The maximum Gasteiger partial charge on any atom is 0.241 e. The predicted octanol–water partition coefficient (Wildman–Crippen LogP) is 1.52. The second-order valence-electron chi connectivity index (χ2n) is 6.24. The quantitative estimate of drug-likeness (QED) is 0.862. The minimum atomic E-state index is -0.269. The van der Waals surface area contributed by atoms with Crippen LogP contribution in [0.25, 0.3) is 0 Å². The van der Waals surface area contributed by atoms with Gasteiger partial charge >= 0.3 is 0 Å². The molecule has 1 aliphatic heterocycles. The molecular formula is C18H23FN4O2. The van der Waals surface area contributed by atoms with Crippen LogP contribution in [0, 0.1) is 12.7 Å². The number of rotatable bonds is 6. The van der Waals surface area contributed by atoms with Gasteiger partial charge in [0.1, 0.15) is 12.4 Å². The van der Waals surface area contributed by atoms with Gasteiger partial charge in [0, 0.05) is 25.8 Å². The van der Waals surface area contributed by atoms with E-state index in [1.165, 1.54) is 12.1 Å². The van der Waals surface area contributed by atoms with Crippen LogP contribution in [0.15, 0.2) is 36.7 Å². The van der Waals surface area contributed by atoms with Crippen LogP contribution in [0.5, 0.6) is 0 Å². The first kappa shape index (κ1) is 17.6. The third-order valence-electron chi connectivity index (χ3n) is 4.28. The third-order valence-corrected chi connectivity index (χ3v) is 4.28. The lowest BCUT2D eigenvalue weighted by atomic mass is 10.0. The second kappa shape index (κ2) is 8.22.